The lowest BCUT2D eigenvalue weighted by atomic mass is 10.2. The van der Waals surface area contributed by atoms with E-state index >= 15 is 0 Å². The summed E-state index contributed by atoms with van der Waals surface area (Å²) in [5, 5.41) is 9.11. The summed E-state index contributed by atoms with van der Waals surface area (Å²) in [6.07, 6.45) is 1.09. The highest BCUT2D eigenvalue weighted by Gasteiger charge is 2.18. The molecule has 0 atom stereocenters. The van der Waals surface area contributed by atoms with Gasteiger partial charge in [-0.2, -0.15) is 0 Å². The van der Waals surface area contributed by atoms with Crippen LogP contribution in [-0.4, -0.2) is 42.5 Å². The number of hydrogen-bond acceptors (Lipinski definition) is 5. The second-order valence-corrected chi connectivity index (χ2v) is 7.13. The van der Waals surface area contributed by atoms with E-state index in [1.165, 1.54) is 16.7 Å². The fourth-order valence-electron chi connectivity index (χ4n) is 2.69. The highest BCUT2D eigenvalue weighted by Crippen LogP contribution is 2.34. The lowest BCUT2D eigenvalue weighted by molar-refractivity contribution is -0.136. The highest BCUT2D eigenvalue weighted by molar-refractivity contribution is 7.99. The summed E-state index contributed by atoms with van der Waals surface area (Å²) in [7, 11) is 0. The van der Waals surface area contributed by atoms with Crippen LogP contribution in [0.25, 0.3) is 0 Å². The van der Waals surface area contributed by atoms with E-state index in [9.17, 15) is 9.59 Å². The van der Waals surface area contributed by atoms with E-state index in [-0.39, 0.29) is 18.9 Å². The molecule has 1 aliphatic rings. The van der Waals surface area contributed by atoms with Gasteiger partial charge in [0, 0.05) is 29.2 Å². The molecule has 2 aromatic rings. The maximum Gasteiger partial charge on any atom is 0.323 e. The second-order valence-electron chi connectivity index (χ2n) is 5.97. The summed E-state index contributed by atoms with van der Waals surface area (Å²) in [4.78, 5) is 26.0. The van der Waals surface area contributed by atoms with Crippen LogP contribution in [0.4, 0.5) is 5.69 Å². The van der Waals surface area contributed by atoms with Gasteiger partial charge in [0.1, 0.15) is 6.54 Å². The SMILES string of the molecule is O=C(O)CN(C(=O)CCSc1ccc2c(c1)OCCCO2)c1ccccc1. The number of aliphatic carboxylic acids is 1. The van der Waals surface area contributed by atoms with E-state index < -0.39 is 5.97 Å². The molecule has 0 aromatic heterocycles. The Bertz CT molecular complexity index is 796. The lowest BCUT2D eigenvalue weighted by Crippen LogP contribution is -2.35. The lowest BCUT2D eigenvalue weighted by Gasteiger charge is -2.20. The van der Waals surface area contributed by atoms with Crippen LogP contribution in [0.3, 0.4) is 0 Å². The van der Waals surface area contributed by atoms with Crippen LogP contribution in [0.5, 0.6) is 11.5 Å². The molecule has 27 heavy (non-hydrogen) atoms. The van der Waals surface area contributed by atoms with Gasteiger partial charge in [-0.25, -0.2) is 0 Å². The molecule has 1 amide bonds. The minimum atomic E-state index is -1.04. The van der Waals surface area contributed by atoms with Gasteiger partial charge in [0.15, 0.2) is 11.5 Å². The molecule has 1 aliphatic heterocycles. The number of carboxylic acid groups (broad SMARTS) is 1. The smallest absolute Gasteiger partial charge is 0.323 e. The summed E-state index contributed by atoms with van der Waals surface area (Å²) >= 11 is 1.53. The first-order valence-electron chi connectivity index (χ1n) is 8.73. The molecule has 0 bridgehead atoms. The van der Waals surface area contributed by atoms with Gasteiger partial charge in [-0.3, -0.25) is 9.59 Å². The van der Waals surface area contributed by atoms with Crippen molar-refractivity contribution in [1.29, 1.82) is 0 Å². The summed E-state index contributed by atoms with van der Waals surface area (Å²) in [5.41, 5.74) is 0.588. The van der Waals surface area contributed by atoms with Crippen LogP contribution in [0.2, 0.25) is 0 Å². The van der Waals surface area contributed by atoms with Gasteiger partial charge in [-0.05, 0) is 30.3 Å². The number of benzene rings is 2. The minimum absolute atomic E-state index is 0.217. The Morgan fingerprint density at radius 3 is 2.52 bits per heavy atom. The molecule has 0 saturated carbocycles. The molecular formula is C20H21NO5S. The third-order valence-corrected chi connectivity index (χ3v) is 4.96. The van der Waals surface area contributed by atoms with Crippen molar-refractivity contribution < 1.29 is 24.2 Å². The molecule has 0 unspecified atom stereocenters. The molecule has 1 N–H and O–H groups in total. The fourth-order valence-corrected chi connectivity index (χ4v) is 3.56. The molecule has 6 nitrogen and oxygen atoms in total. The third kappa shape index (κ3) is 5.40. The first-order chi connectivity index (χ1) is 13.1. The van der Waals surface area contributed by atoms with Crippen LogP contribution in [0.15, 0.2) is 53.4 Å². The van der Waals surface area contributed by atoms with Gasteiger partial charge in [-0.15, -0.1) is 11.8 Å². The number of ether oxygens (including phenoxy) is 2. The number of carboxylic acids is 1. The van der Waals surface area contributed by atoms with Gasteiger partial charge < -0.3 is 19.5 Å². The number of hydrogen-bond donors (Lipinski definition) is 1. The van der Waals surface area contributed by atoms with Gasteiger partial charge in [0.25, 0.3) is 0 Å². The number of para-hydroxylation sites is 1. The average Bonchev–Trinajstić information content (AvgIpc) is 2.91. The van der Waals surface area contributed by atoms with E-state index in [0.717, 1.165) is 22.8 Å². The highest BCUT2D eigenvalue weighted by atomic mass is 32.2. The topological polar surface area (TPSA) is 76.1 Å². The van der Waals surface area contributed by atoms with Crippen molar-refractivity contribution in [2.45, 2.75) is 17.7 Å². The Morgan fingerprint density at radius 1 is 1.04 bits per heavy atom. The summed E-state index contributed by atoms with van der Waals surface area (Å²) < 4.78 is 11.3. The Morgan fingerprint density at radius 2 is 1.78 bits per heavy atom. The molecule has 142 valence electrons. The Kier molecular flexibility index (Phi) is 6.59. The molecular weight excluding hydrogens is 366 g/mol. The Balaban J connectivity index is 1.59. The van der Waals surface area contributed by atoms with Crippen molar-refractivity contribution in [2.24, 2.45) is 0 Å². The number of fused-ring (bicyclic) bond motifs is 1. The van der Waals surface area contributed by atoms with Crippen molar-refractivity contribution >= 4 is 29.3 Å². The zero-order chi connectivity index (χ0) is 19.1. The average molecular weight is 387 g/mol. The van der Waals surface area contributed by atoms with E-state index in [1.54, 1.807) is 24.3 Å². The summed E-state index contributed by atoms with van der Waals surface area (Å²) in [5.74, 6) is 0.750. The molecule has 3 rings (SSSR count). The zero-order valence-electron chi connectivity index (χ0n) is 14.8. The van der Waals surface area contributed by atoms with Crippen LogP contribution >= 0.6 is 11.8 Å². The second kappa shape index (κ2) is 9.32. The Hall–Kier alpha value is -2.67. The molecule has 0 spiro atoms. The van der Waals surface area contributed by atoms with Crippen LogP contribution < -0.4 is 14.4 Å². The van der Waals surface area contributed by atoms with Crippen molar-refractivity contribution in [3.05, 3.63) is 48.5 Å². The number of carbonyl (C=O) groups excluding carboxylic acids is 1. The maximum atomic E-state index is 12.6. The van der Waals surface area contributed by atoms with Crippen molar-refractivity contribution in [2.75, 3.05) is 30.4 Å². The first kappa shape index (κ1) is 19.1. The standard InChI is InChI=1S/C20H21NO5S/c22-19(21(14-20(23)24)15-5-2-1-3-6-15)9-12-27-16-7-8-17-18(13-16)26-11-4-10-25-17/h1-3,5-8,13H,4,9-12,14H2,(H,23,24). The monoisotopic (exact) mass is 387 g/mol. The number of thioether (sulfide) groups is 1. The number of rotatable bonds is 7. The Labute approximate surface area is 162 Å². The first-order valence-corrected chi connectivity index (χ1v) is 9.72. The fraction of sp³-hybridized carbons (Fsp3) is 0.300. The zero-order valence-corrected chi connectivity index (χ0v) is 15.6. The summed E-state index contributed by atoms with van der Waals surface area (Å²) in [6, 6.07) is 14.6. The van der Waals surface area contributed by atoms with Gasteiger partial charge >= 0.3 is 5.97 Å². The normalized spacial score (nSPS) is 12.9. The third-order valence-electron chi connectivity index (χ3n) is 3.97. The summed E-state index contributed by atoms with van der Waals surface area (Å²) in [6.45, 7) is 0.922. The molecule has 2 aromatic carbocycles. The van der Waals surface area contributed by atoms with E-state index in [1.807, 2.05) is 24.3 Å². The van der Waals surface area contributed by atoms with Crippen molar-refractivity contribution in [3.63, 3.8) is 0 Å². The molecule has 0 aliphatic carbocycles. The van der Waals surface area contributed by atoms with Gasteiger partial charge in [0.2, 0.25) is 5.91 Å². The van der Waals surface area contributed by atoms with Crippen LogP contribution in [-0.2, 0) is 9.59 Å². The van der Waals surface area contributed by atoms with Gasteiger partial charge in [-0.1, -0.05) is 18.2 Å². The number of amides is 1. The van der Waals surface area contributed by atoms with Crippen LogP contribution in [0, 0.1) is 0 Å². The molecule has 1 heterocycles. The van der Waals surface area contributed by atoms with Gasteiger partial charge in [0.05, 0.1) is 13.2 Å². The predicted molar refractivity (Wildman–Crippen MR) is 104 cm³/mol. The number of anilines is 1. The molecule has 0 saturated heterocycles. The largest absolute Gasteiger partial charge is 0.490 e. The van der Waals surface area contributed by atoms with E-state index in [4.69, 9.17) is 14.6 Å². The van der Waals surface area contributed by atoms with Crippen LogP contribution in [0.1, 0.15) is 12.8 Å². The number of carbonyl (C=O) groups is 2. The molecule has 0 radical (unpaired) electrons. The number of nitrogens with zero attached hydrogens (tertiary/aromatic N) is 1. The minimum Gasteiger partial charge on any atom is -0.490 e. The molecule has 7 heteroatoms. The quantitative estimate of drug-likeness (QED) is 0.734. The molecule has 0 fully saturated rings. The van der Waals surface area contributed by atoms with Crippen molar-refractivity contribution in [3.8, 4) is 11.5 Å². The van der Waals surface area contributed by atoms with E-state index in [0.29, 0.717) is 24.7 Å². The maximum absolute atomic E-state index is 12.6. The van der Waals surface area contributed by atoms with E-state index in [2.05, 4.69) is 0 Å². The van der Waals surface area contributed by atoms with Crippen molar-refractivity contribution in [1.82, 2.24) is 0 Å². The predicted octanol–water partition coefficient (Wildman–Crippen LogP) is 3.45.